The molecule has 4 N–H and O–H groups in total. The van der Waals surface area contributed by atoms with E-state index >= 15 is 0 Å². The predicted octanol–water partition coefficient (Wildman–Crippen LogP) is 2.90. The normalized spacial score (nSPS) is 11.8. The van der Waals surface area contributed by atoms with E-state index in [0.717, 1.165) is 5.56 Å². The molecule has 14 heavy (non-hydrogen) atoms. The summed E-state index contributed by atoms with van der Waals surface area (Å²) in [4.78, 5) is 0. The molecule has 0 unspecified atom stereocenters. The summed E-state index contributed by atoms with van der Waals surface area (Å²) in [6.07, 6.45) is 0. The minimum Gasteiger partial charge on any atom is -0.398 e. The van der Waals surface area contributed by atoms with Crippen molar-refractivity contribution in [2.75, 3.05) is 5.88 Å². The van der Waals surface area contributed by atoms with Crippen LogP contribution in [0.4, 0.5) is 0 Å². The van der Waals surface area contributed by atoms with Gasteiger partial charge in [0.05, 0.1) is 5.02 Å². The van der Waals surface area contributed by atoms with Crippen LogP contribution in [-0.2, 0) is 0 Å². The zero-order valence-electron chi connectivity index (χ0n) is 7.34. The third-order valence-electron chi connectivity index (χ3n) is 1.55. The molecule has 0 aliphatic rings. The van der Waals surface area contributed by atoms with Gasteiger partial charge in [-0.1, -0.05) is 23.2 Å². The van der Waals surface area contributed by atoms with Gasteiger partial charge in [0.15, 0.2) is 0 Å². The molecule has 5 heteroatoms. The predicted molar refractivity (Wildman–Crippen MR) is 65.3 cm³/mol. The fourth-order valence-corrected chi connectivity index (χ4v) is 1.85. The molecule has 2 nitrogen and oxygen atoms in total. The lowest BCUT2D eigenvalue weighted by Gasteiger charge is -2.04. The van der Waals surface area contributed by atoms with Crippen LogP contribution in [0.25, 0.3) is 5.70 Å². The second kappa shape index (κ2) is 5.51. The highest BCUT2D eigenvalue weighted by Crippen LogP contribution is 2.25. The second-order valence-electron chi connectivity index (χ2n) is 2.53. The summed E-state index contributed by atoms with van der Waals surface area (Å²) in [6, 6.07) is 5.19. The minimum atomic E-state index is 0.492. The lowest BCUT2D eigenvalue weighted by Crippen LogP contribution is -1.97. The molecule has 0 amide bonds. The van der Waals surface area contributed by atoms with Gasteiger partial charge in [-0.25, -0.2) is 0 Å². The van der Waals surface area contributed by atoms with Gasteiger partial charge in [0, 0.05) is 22.2 Å². The summed E-state index contributed by atoms with van der Waals surface area (Å²) in [7, 11) is 0. The van der Waals surface area contributed by atoms with Crippen LogP contribution >= 0.6 is 35.0 Å². The van der Waals surface area contributed by atoms with E-state index in [-0.39, 0.29) is 0 Å². The molecule has 1 rings (SSSR count). The highest BCUT2D eigenvalue weighted by atomic mass is 35.5. The number of thioether (sulfide) groups is 1. The van der Waals surface area contributed by atoms with E-state index in [9.17, 15) is 0 Å². The van der Waals surface area contributed by atoms with Crippen LogP contribution in [0.2, 0.25) is 10.0 Å². The van der Waals surface area contributed by atoms with Crippen molar-refractivity contribution in [2.45, 2.75) is 0 Å². The Labute approximate surface area is 97.2 Å². The highest BCUT2D eigenvalue weighted by Gasteiger charge is 2.03. The second-order valence-corrected chi connectivity index (χ2v) is 4.28. The molecule has 0 atom stereocenters. The first-order valence-electron chi connectivity index (χ1n) is 3.88. The maximum atomic E-state index is 5.96. The highest BCUT2D eigenvalue weighted by molar-refractivity contribution is 8.02. The number of halogens is 2. The van der Waals surface area contributed by atoms with Crippen LogP contribution in [0.15, 0.2) is 23.6 Å². The summed E-state index contributed by atoms with van der Waals surface area (Å²) in [6.45, 7) is 0. The first kappa shape index (κ1) is 11.7. The molecule has 0 saturated heterocycles. The van der Waals surface area contributed by atoms with Gasteiger partial charge >= 0.3 is 0 Å². The molecule has 0 aliphatic carbocycles. The Morgan fingerprint density at radius 1 is 1.43 bits per heavy atom. The van der Waals surface area contributed by atoms with E-state index in [0.29, 0.717) is 21.6 Å². The summed E-state index contributed by atoms with van der Waals surface area (Å²) < 4.78 is 0. The Hall–Kier alpha value is -0.350. The van der Waals surface area contributed by atoms with Crippen molar-refractivity contribution >= 4 is 40.7 Å². The van der Waals surface area contributed by atoms with E-state index in [1.54, 1.807) is 23.6 Å². The number of nitrogens with two attached hydrogens (primary N) is 2. The quantitative estimate of drug-likeness (QED) is 0.810. The average molecular weight is 249 g/mol. The van der Waals surface area contributed by atoms with E-state index in [2.05, 4.69) is 0 Å². The monoisotopic (exact) mass is 248 g/mol. The van der Waals surface area contributed by atoms with Crippen molar-refractivity contribution < 1.29 is 0 Å². The zero-order chi connectivity index (χ0) is 10.6. The smallest absolute Gasteiger partial charge is 0.0514 e. The van der Waals surface area contributed by atoms with Gasteiger partial charge in [0.1, 0.15) is 0 Å². The zero-order valence-corrected chi connectivity index (χ0v) is 9.66. The Morgan fingerprint density at radius 2 is 2.14 bits per heavy atom. The molecule has 76 valence electrons. The third kappa shape index (κ3) is 3.10. The molecule has 0 fully saturated rings. The van der Waals surface area contributed by atoms with Crippen molar-refractivity contribution in [2.24, 2.45) is 11.5 Å². The molecule has 1 aromatic rings. The van der Waals surface area contributed by atoms with E-state index in [1.807, 2.05) is 0 Å². The van der Waals surface area contributed by atoms with Gasteiger partial charge in [-0.3, -0.25) is 0 Å². The first-order valence-corrected chi connectivity index (χ1v) is 5.68. The van der Waals surface area contributed by atoms with Crippen LogP contribution in [0, 0.1) is 0 Å². The largest absolute Gasteiger partial charge is 0.398 e. The van der Waals surface area contributed by atoms with Gasteiger partial charge in [-0.15, -0.1) is 11.8 Å². The lowest BCUT2D eigenvalue weighted by atomic mass is 10.2. The van der Waals surface area contributed by atoms with Crippen LogP contribution in [0.5, 0.6) is 0 Å². The maximum Gasteiger partial charge on any atom is 0.0514 e. The molecule has 0 heterocycles. The van der Waals surface area contributed by atoms with Crippen molar-refractivity contribution in [3.63, 3.8) is 0 Å². The van der Waals surface area contributed by atoms with Gasteiger partial charge in [0.2, 0.25) is 0 Å². The van der Waals surface area contributed by atoms with E-state index < -0.39 is 0 Å². The molecular weight excluding hydrogens is 239 g/mol. The summed E-state index contributed by atoms with van der Waals surface area (Å²) in [5.41, 5.74) is 12.5. The van der Waals surface area contributed by atoms with Crippen molar-refractivity contribution in [3.8, 4) is 0 Å². The number of hydrogen-bond donors (Lipinski definition) is 2. The molecule has 0 aliphatic heterocycles. The number of rotatable bonds is 3. The summed E-state index contributed by atoms with van der Waals surface area (Å²) in [5.74, 6) is 0.492. The van der Waals surface area contributed by atoms with Gasteiger partial charge in [-0.2, -0.15) is 0 Å². The van der Waals surface area contributed by atoms with E-state index in [4.69, 9.17) is 34.7 Å². The van der Waals surface area contributed by atoms with E-state index in [1.165, 1.54) is 11.8 Å². The topological polar surface area (TPSA) is 52.0 Å². The molecule has 0 spiro atoms. The van der Waals surface area contributed by atoms with Crippen LogP contribution in [0.1, 0.15) is 5.56 Å². The standard InChI is InChI=1S/C9H10Cl2N2S/c10-6-1-2-7(8(11)3-6)9(13)4-14-5-12/h1-4H,5,12-13H2/b9-4-. The third-order valence-corrected chi connectivity index (χ3v) is 2.71. The summed E-state index contributed by atoms with van der Waals surface area (Å²) in [5, 5.41) is 2.91. The van der Waals surface area contributed by atoms with Crippen molar-refractivity contribution in [1.29, 1.82) is 0 Å². The fraction of sp³-hybridized carbons (Fsp3) is 0.111. The Morgan fingerprint density at radius 3 is 2.71 bits per heavy atom. The maximum absolute atomic E-state index is 5.96. The SMILES string of the molecule is NCS/C=C(\N)c1ccc(Cl)cc1Cl. The number of benzene rings is 1. The van der Waals surface area contributed by atoms with Gasteiger partial charge < -0.3 is 11.5 Å². The molecular formula is C9H10Cl2N2S. The Kier molecular flexibility index (Phi) is 4.62. The van der Waals surface area contributed by atoms with Crippen LogP contribution in [0.3, 0.4) is 0 Å². The minimum absolute atomic E-state index is 0.492. The van der Waals surface area contributed by atoms with Gasteiger partial charge in [-0.05, 0) is 23.6 Å². The lowest BCUT2D eigenvalue weighted by molar-refractivity contribution is 1.41. The summed E-state index contributed by atoms with van der Waals surface area (Å²) >= 11 is 13.1. The van der Waals surface area contributed by atoms with Gasteiger partial charge in [0.25, 0.3) is 0 Å². The van der Waals surface area contributed by atoms with Crippen molar-refractivity contribution in [1.82, 2.24) is 0 Å². The molecule has 0 radical (unpaired) electrons. The van der Waals surface area contributed by atoms with Crippen LogP contribution in [-0.4, -0.2) is 5.88 Å². The average Bonchev–Trinajstić information content (AvgIpc) is 2.14. The molecule has 0 saturated carbocycles. The molecule has 0 bridgehead atoms. The Balaban J connectivity index is 2.95. The van der Waals surface area contributed by atoms with Crippen molar-refractivity contribution in [3.05, 3.63) is 39.2 Å². The number of hydrogen-bond acceptors (Lipinski definition) is 3. The van der Waals surface area contributed by atoms with Crippen LogP contribution < -0.4 is 11.5 Å². The fourth-order valence-electron chi connectivity index (χ4n) is 0.925. The Bertz CT molecular complexity index is 353. The molecule has 1 aromatic carbocycles. The first-order chi connectivity index (χ1) is 6.65. The molecule has 0 aromatic heterocycles.